The second-order valence-electron chi connectivity index (χ2n) is 11.5. The molecule has 0 aromatic carbocycles. The van der Waals surface area contributed by atoms with E-state index >= 15 is 0 Å². The molecule has 1 aliphatic rings. The van der Waals surface area contributed by atoms with Gasteiger partial charge in [0.05, 0.1) is 0 Å². The number of hydrogen-bond donors (Lipinski definition) is 0. The van der Waals surface area contributed by atoms with Gasteiger partial charge in [-0.25, -0.2) is 0 Å². The van der Waals surface area contributed by atoms with Gasteiger partial charge in [0.1, 0.15) is 6.17 Å². The van der Waals surface area contributed by atoms with Crippen LogP contribution in [0.1, 0.15) is 181 Å². The smallest absolute Gasteiger partial charge is 0.101 e. The quantitative estimate of drug-likeness (QED) is 0.106. The molecular formula is C33H66N2. The molecule has 2 heteroatoms. The number of nitrogens with zero attached hydrogens (tertiary/aromatic N) is 2. The third-order valence-corrected chi connectivity index (χ3v) is 8.07. The molecule has 0 N–H and O–H groups in total. The molecule has 35 heavy (non-hydrogen) atoms. The van der Waals surface area contributed by atoms with Gasteiger partial charge in [-0.05, 0) is 25.7 Å². The zero-order chi connectivity index (χ0) is 25.2. The SMILES string of the molecule is CCCCCCCCCCCCCCCN1C=CN(CCCC)C1CCCCCCCCCCC. The fourth-order valence-electron chi connectivity index (χ4n) is 5.63. The number of unbranched alkanes of at least 4 members (excludes halogenated alkanes) is 21. The Morgan fingerprint density at radius 1 is 0.371 bits per heavy atom. The van der Waals surface area contributed by atoms with Gasteiger partial charge in [0.25, 0.3) is 0 Å². The summed E-state index contributed by atoms with van der Waals surface area (Å²) in [4.78, 5) is 5.33. The first kappa shape index (κ1) is 32.4. The Labute approximate surface area is 222 Å². The Kier molecular flexibility index (Phi) is 23.1. The third-order valence-electron chi connectivity index (χ3n) is 8.07. The molecule has 2 nitrogen and oxygen atoms in total. The minimum Gasteiger partial charge on any atom is -0.356 e. The number of rotatable bonds is 27. The average Bonchev–Trinajstić information content (AvgIpc) is 3.25. The summed E-state index contributed by atoms with van der Waals surface area (Å²) in [6, 6.07) is 0. The van der Waals surface area contributed by atoms with Gasteiger partial charge in [-0.15, -0.1) is 0 Å². The Bertz CT molecular complexity index is 446. The molecule has 1 atom stereocenters. The summed E-state index contributed by atoms with van der Waals surface area (Å²) in [6.07, 6.45) is 41.1. The molecular weight excluding hydrogens is 424 g/mol. The van der Waals surface area contributed by atoms with E-state index in [0.717, 1.165) is 0 Å². The standard InChI is InChI=1S/C33H66N2/c1-4-7-10-12-14-16-17-18-19-21-23-25-27-30-35-32-31-34(29-9-6-3)33(35)28-26-24-22-20-15-13-11-8-5-2/h31-33H,4-30H2,1-3H3. The first-order valence-corrected chi connectivity index (χ1v) is 16.5. The lowest BCUT2D eigenvalue weighted by atomic mass is 10.0. The Morgan fingerprint density at radius 3 is 1.09 bits per heavy atom. The monoisotopic (exact) mass is 491 g/mol. The highest BCUT2D eigenvalue weighted by atomic mass is 15.4. The second kappa shape index (κ2) is 25.0. The van der Waals surface area contributed by atoms with Crippen molar-refractivity contribution in [2.24, 2.45) is 0 Å². The summed E-state index contributed by atoms with van der Waals surface area (Å²) in [7, 11) is 0. The van der Waals surface area contributed by atoms with E-state index in [2.05, 4.69) is 43.0 Å². The van der Waals surface area contributed by atoms with Gasteiger partial charge in [0, 0.05) is 25.5 Å². The van der Waals surface area contributed by atoms with Gasteiger partial charge < -0.3 is 9.80 Å². The van der Waals surface area contributed by atoms with Crippen molar-refractivity contribution in [3.63, 3.8) is 0 Å². The van der Waals surface area contributed by atoms with Crippen LogP contribution in [0.2, 0.25) is 0 Å². The summed E-state index contributed by atoms with van der Waals surface area (Å²) < 4.78 is 0. The topological polar surface area (TPSA) is 6.48 Å². The largest absolute Gasteiger partial charge is 0.356 e. The molecule has 0 radical (unpaired) electrons. The maximum absolute atomic E-state index is 2.68. The van der Waals surface area contributed by atoms with Gasteiger partial charge in [-0.3, -0.25) is 0 Å². The molecule has 0 fully saturated rings. The molecule has 0 saturated carbocycles. The van der Waals surface area contributed by atoms with E-state index in [4.69, 9.17) is 0 Å². The molecule has 0 saturated heterocycles. The lowest BCUT2D eigenvalue weighted by molar-refractivity contribution is 0.136. The van der Waals surface area contributed by atoms with E-state index in [1.807, 2.05) is 0 Å². The third kappa shape index (κ3) is 18.3. The lowest BCUT2D eigenvalue weighted by Gasteiger charge is -2.33. The molecule has 0 bridgehead atoms. The van der Waals surface area contributed by atoms with Gasteiger partial charge in [-0.1, -0.05) is 156 Å². The van der Waals surface area contributed by atoms with Crippen molar-refractivity contribution in [3.8, 4) is 0 Å². The van der Waals surface area contributed by atoms with E-state index < -0.39 is 0 Å². The van der Waals surface area contributed by atoms with Crippen LogP contribution in [-0.4, -0.2) is 29.1 Å². The van der Waals surface area contributed by atoms with Gasteiger partial charge in [0.2, 0.25) is 0 Å². The lowest BCUT2D eigenvalue weighted by Crippen LogP contribution is -2.39. The van der Waals surface area contributed by atoms with Crippen LogP contribution in [0.15, 0.2) is 12.4 Å². The Morgan fingerprint density at radius 2 is 0.686 bits per heavy atom. The summed E-state index contributed by atoms with van der Waals surface area (Å²) in [5.74, 6) is 0. The summed E-state index contributed by atoms with van der Waals surface area (Å²) in [5, 5.41) is 0. The summed E-state index contributed by atoms with van der Waals surface area (Å²) in [5.41, 5.74) is 0. The normalized spacial score (nSPS) is 15.6. The van der Waals surface area contributed by atoms with Crippen LogP contribution in [0.3, 0.4) is 0 Å². The molecule has 1 unspecified atom stereocenters. The summed E-state index contributed by atoms with van der Waals surface area (Å²) >= 11 is 0. The van der Waals surface area contributed by atoms with Crippen molar-refractivity contribution in [1.29, 1.82) is 0 Å². The fraction of sp³-hybridized carbons (Fsp3) is 0.939. The first-order valence-electron chi connectivity index (χ1n) is 16.5. The van der Waals surface area contributed by atoms with Gasteiger partial charge in [0.15, 0.2) is 0 Å². The van der Waals surface area contributed by atoms with E-state index in [-0.39, 0.29) is 0 Å². The first-order chi connectivity index (χ1) is 17.3. The zero-order valence-electron chi connectivity index (χ0n) is 24.7. The maximum Gasteiger partial charge on any atom is 0.101 e. The molecule has 0 aromatic heterocycles. The maximum atomic E-state index is 2.68. The van der Waals surface area contributed by atoms with E-state index in [9.17, 15) is 0 Å². The van der Waals surface area contributed by atoms with Crippen LogP contribution in [0, 0.1) is 0 Å². The Hall–Kier alpha value is -0.660. The van der Waals surface area contributed by atoms with Crippen LogP contribution < -0.4 is 0 Å². The highest BCUT2D eigenvalue weighted by molar-refractivity contribution is 4.96. The van der Waals surface area contributed by atoms with E-state index in [0.29, 0.717) is 6.17 Å². The van der Waals surface area contributed by atoms with Gasteiger partial charge in [-0.2, -0.15) is 0 Å². The molecule has 1 heterocycles. The molecule has 0 aromatic rings. The molecule has 208 valence electrons. The molecule has 1 aliphatic heterocycles. The van der Waals surface area contributed by atoms with Crippen molar-refractivity contribution in [2.45, 2.75) is 187 Å². The van der Waals surface area contributed by atoms with E-state index in [1.165, 1.54) is 174 Å². The van der Waals surface area contributed by atoms with Gasteiger partial charge >= 0.3 is 0 Å². The minimum atomic E-state index is 0.642. The second-order valence-corrected chi connectivity index (χ2v) is 11.5. The van der Waals surface area contributed by atoms with E-state index in [1.54, 1.807) is 0 Å². The van der Waals surface area contributed by atoms with Crippen molar-refractivity contribution < 1.29 is 0 Å². The van der Waals surface area contributed by atoms with Crippen molar-refractivity contribution in [1.82, 2.24) is 9.80 Å². The zero-order valence-corrected chi connectivity index (χ0v) is 24.7. The molecule has 0 aliphatic carbocycles. The van der Waals surface area contributed by atoms with Crippen molar-refractivity contribution in [2.75, 3.05) is 13.1 Å². The molecule has 0 spiro atoms. The minimum absolute atomic E-state index is 0.642. The van der Waals surface area contributed by atoms with Crippen LogP contribution in [0.4, 0.5) is 0 Å². The van der Waals surface area contributed by atoms with Crippen LogP contribution in [0.5, 0.6) is 0 Å². The molecule has 0 amide bonds. The van der Waals surface area contributed by atoms with Crippen molar-refractivity contribution in [3.05, 3.63) is 12.4 Å². The highest BCUT2D eigenvalue weighted by Gasteiger charge is 2.24. The highest BCUT2D eigenvalue weighted by Crippen LogP contribution is 2.23. The Balaban J connectivity index is 2.09. The van der Waals surface area contributed by atoms with Crippen LogP contribution >= 0.6 is 0 Å². The molecule has 1 rings (SSSR count). The predicted octanol–water partition coefficient (Wildman–Crippen LogP) is 11.2. The average molecular weight is 491 g/mol. The fourth-order valence-corrected chi connectivity index (χ4v) is 5.63. The van der Waals surface area contributed by atoms with Crippen LogP contribution in [-0.2, 0) is 0 Å². The van der Waals surface area contributed by atoms with Crippen molar-refractivity contribution >= 4 is 0 Å². The summed E-state index contributed by atoms with van der Waals surface area (Å²) in [6.45, 7) is 9.44. The predicted molar refractivity (Wildman–Crippen MR) is 159 cm³/mol. The number of hydrogen-bond acceptors (Lipinski definition) is 2. The van der Waals surface area contributed by atoms with Crippen LogP contribution in [0.25, 0.3) is 0 Å².